The highest BCUT2D eigenvalue weighted by atomic mass is 15.3. The molecule has 4 nitrogen and oxygen atoms in total. The Balaban J connectivity index is 1.65. The van der Waals surface area contributed by atoms with Crippen molar-refractivity contribution in [2.24, 2.45) is 5.92 Å². The van der Waals surface area contributed by atoms with Crippen LogP contribution in [0.25, 0.3) is 10.8 Å². The molecule has 1 unspecified atom stereocenters. The lowest BCUT2D eigenvalue weighted by Gasteiger charge is -2.31. The van der Waals surface area contributed by atoms with Gasteiger partial charge in [0.25, 0.3) is 0 Å². The maximum Gasteiger partial charge on any atom is 0.159 e. The third-order valence-corrected chi connectivity index (χ3v) is 4.66. The second-order valence-corrected chi connectivity index (χ2v) is 6.35. The Morgan fingerprint density at radius 1 is 1.19 bits per heavy atom. The number of hydrogen-bond acceptors (Lipinski definition) is 4. The summed E-state index contributed by atoms with van der Waals surface area (Å²) in [5.41, 5.74) is 0. The summed E-state index contributed by atoms with van der Waals surface area (Å²) < 4.78 is 0. The molecule has 2 fully saturated rings. The van der Waals surface area contributed by atoms with Gasteiger partial charge in [-0.25, -0.2) is 0 Å². The van der Waals surface area contributed by atoms with Gasteiger partial charge in [-0.1, -0.05) is 24.3 Å². The van der Waals surface area contributed by atoms with Gasteiger partial charge in [-0.15, -0.1) is 5.10 Å². The molecule has 1 saturated heterocycles. The number of fused-ring (bicyclic) bond motifs is 1. The van der Waals surface area contributed by atoms with E-state index in [1.54, 1.807) is 0 Å². The summed E-state index contributed by atoms with van der Waals surface area (Å²) in [6.07, 6.45) is 7.08. The van der Waals surface area contributed by atoms with E-state index in [0.29, 0.717) is 6.04 Å². The summed E-state index contributed by atoms with van der Waals surface area (Å²) in [6.45, 7) is 3.43. The molecule has 2 aromatic rings. The first kappa shape index (κ1) is 13.0. The summed E-state index contributed by atoms with van der Waals surface area (Å²) >= 11 is 0. The van der Waals surface area contributed by atoms with Crippen molar-refractivity contribution in [3.63, 3.8) is 0 Å². The molecule has 1 aliphatic carbocycles. The third kappa shape index (κ3) is 2.72. The number of piperidine rings is 1. The van der Waals surface area contributed by atoms with E-state index in [2.05, 4.69) is 44.7 Å². The number of nitrogens with one attached hydrogen (secondary N) is 1. The summed E-state index contributed by atoms with van der Waals surface area (Å²) in [7, 11) is 0. The Kier molecular flexibility index (Phi) is 3.47. The van der Waals surface area contributed by atoms with Crippen molar-refractivity contribution in [1.82, 2.24) is 15.5 Å². The van der Waals surface area contributed by atoms with Gasteiger partial charge in [0, 0.05) is 23.4 Å². The van der Waals surface area contributed by atoms with E-state index in [0.717, 1.165) is 24.8 Å². The van der Waals surface area contributed by atoms with Crippen LogP contribution in [0.15, 0.2) is 30.5 Å². The van der Waals surface area contributed by atoms with Crippen LogP contribution >= 0.6 is 0 Å². The number of hydrogen-bond donors (Lipinski definition) is 1. The zero-order chi connectivity index (χ0) is 14.1. The van der Waals surface area contributed by atoms with Gasteiger partial charge in [0.2, 0.25) is 0 Å². The summed E-state index contributed by atoms with van der Waals surface area (Å²) in [6, 6.07) is 9.14. The van der Waals surface area contributed by atoms with Crippen LogP contribution in [0.1, 0.15) is 25.7 Å². The number of benzene rings is 1. The molecule has 4 rings (SSSR count). The highest BCUT2D eigenvalue weighted by Gasteiger charge is 2.33. The van der Waals surface area contributed by atoms with Crippen molar-refractivity contribution in [1.29, 1.82) is 0 Å². The molecule has 1 aliphatic heterocycles. The lowest BCUT2D eigenvalue weighted by atomic mass is 9.99. The van der Waals surface area contributed by atoms with Gasteiger partial charge in [-0.3, -0.25) is 0 Å². The maximum absolute atomic E-state index is 4.49. The molecule has 0 spiro atoms. The lowest BCUT2D eigenvalue weighted by molar-refractivity contribution is 0.375. The molecule has 1 aromatic heterocycles. The summed E-state index contributed by atoms with van der Waals surface area (Å²) in [5.74, 6) is 1.82. The third-order valence-electron chi connectivity index (χ3n) is 4.66. The Labute approximate surface area is 125 Å². The minimum absolute atomic E-state index is 0.673. The minimum Gasteiger partial charge on any atom is -0.351 e. The molecular formula is C17H22N4. The molecule has 0 amide bonds. The molecule has 0 bridgehead atoms. The van der Waals surface area contributed by atoms with Crippen molar-refractivity contribution < 1.29 is 0 Å². The van der Waals surface area contributed by atoms with E-state index in [1.807, 2.05) is 6.20 Å². The predicted octanol–water partition coefficient (Wildman–Crippen LogP) is 2.60. The van der Waals surface area contributed by atoms with Gasteiger partial charge in [-0.2, -0.15) is 5.10 Å². The second kappa shape index (κ2) is 5.60. The smallest absolute Gasteiger partial charge is 0.159 e. The van der Waals surface area contributed by atoms with E-state index in [-0.39, 0.29) is 0 Å². The fraction of sp³-hybridized carbons (Fsp3) is 0.529. The zero-order valence-corrected chi connectivity index (χ0v) is 12.3. The summed E-state index contributed by atoms with van der Waals surface area (Å²) in [5, 5.41) is 14.7. The molecule has 110 valence electrons. The SMILES string of the molecule is c1ccc2c(N(CC3CCCNC3)C3CC3)nncc2c1. The molecule has 4 heteroatoms. The quantitative estimate of drug-likeness (QED) is 0.936. The van der Waals surface area contributed by atoms with Crippen LogP contribution in [0, 0.1) is 5.92 Å². The number of rotatable bonds is 4. The van der Waals surface area contributed by atoms with Crippen molar-refractivity contribution in [2.75, 3.05) is 24.5 Å². The largest absolute Gasteiger partial charge is 0.351 e. The summed E-state index contributed by atoms with van der Waals surface area (Å²) in [4.78, 5) is 2.52. The standard InChI is InChI=1S/C17H22N4/c1-2-6-16-14(5-1)11-19-20-17(16)21(15-7-8-15)12-13-4-3-9-18-10-13/h1-2,5-6,11,13,15,18H,3-4,7-10,12H2. The molecule has 1 atom stereocenters. The van der Waals surface area contributed by atoms with Gasteiger partial charge in [0.1, 0.15) is 0 Å². The Bertz CT molecular complexity index is 612. The van der Waals surface area contributed by atoms with Crippen LogP contribution < -0.4 is 10.2 Å². The number of anilines is 1. The first-order chi connectivity index (χ1) is 10.4. The zero-order valence-electron chi connectivity index (χ0n) is 12.3. The minimum atomic E-state index is 0.673. The van der Waals surface area contributed by atoms with Crippen LogP contribution in [0.5, 0.6) is 0 Å². The molecule has 1 saturated carbocycles. The molecule has 1 aromatic carbocycles. The molecule has 0 radical (unpaired) electrons. The number of nitrogens with zero attached hydrogens (tertiary/aromatic N) is 3. The van der Waals surface area contributed by atoms with Crippen molar-refractivity contribution >= 4 is 16.6 Å². The molecule has 1 N–H and O–H groups in total. The fourth-order valence-corrected chi connectivity index (χ4v) is 3.38. The first-order valence-electron chi connectivity index (χ1n) is 8.09. The van der Waals surface area contributed by atoms with Crippen molar-refractivity contribution in [3.05, 3.63) is 30.5 Å². The van der Waals surface area contributed by atoms with Crippen LogP contribution in [-0.4, -0.2) is 35.9 Å². The van der Waals surface area contributed by atoms with Gasteiger partial charge in [0.05, 0.1) is 6.20 Å². The van der Waals surface area contributed by atoms with E-state index in [9.17, 15) is 0 Å². The Morgan fingerprint density at radius 3 is 2.90 bits per heavy atom. The van der Waals surface area contributed by atoms with Crippen LogP contribution in [0.2, 0.25) is 0 Å². The lowest BCUT2D eigenvalue weighted by Crippen LogP contribution is -2.39. The molecule has 2 aliphatic rings. The molecular weight excluding hydrogens is 260 g/mol. The van der Waals surface area contributed by atoms with Gasteiger partial charge >= 0.3 is 0 Å². The second-order valence-electron chi connectivity index (χ2n) is 6.35. The highest BCUT2D eigenvalue weighted by Crippen LogP contribution is 2.35. The van der Waals surface area contributed by atoms with Crippen molar-refractivity contribution in [3.8, 4) is 0 Å². The Morgan fingerprint density at radius 2 is 2.10 bits per heavy atom. The van der Waals surface area contributed by atoms with Gasteiger partial charge in [-0.05, 0) is 44.7 Å². The van der Waals surface area contributed by atoms with E-state index < -0.39 is 0 Å². The normalized spacial score (nSPS) is 22.4. The fourth-order valence-electron chi connectivity index (χ4n) is 3.38. The van der Waals surface area contributed by atoms with E-state index >= 15 is 0 Å². The van der Waals surface area contributed by atoms with E-state index in [1.165, 1.54) is 43.0 Å². The average molecular weight is 282 g/mol. The van der Waals surface area contributed by atoms with Gasteiger partial charge in [0.15, 0.2) is 5.82 Å². The molecule has 21 heavy (non-hydrogen) atoms. The highest BCUT2D eigenvalue weighted by molar-refractivity contribution is 5.91. The number of aromatic nitrogens is 2. The van der Waals surface area contributed by atoms with Crippen LogP contribution in [0.4, 0.5) is 5.82 Å². The van der Waals surface area contributed by atoms with Gasteiger partial charge < -0.3 is 10.2 Å². The van der Waals surface area contributed by atoms with Crippen LogP contribution in [-0.2, 0) is 0 Å². The monoisotopic (exact) mass is 282 g/mol. The van der Waals surface area contributed by atoms with Crippen LogP contribution in [0.3, 0.4) is 0 Å². The Hall–Kier alpha value is -1.68. The van der Waals surface area contributed by atoms with Crippen molar-refractivity contribution in [2.45, 2.75) is 31.7 Å². The average Bonchev–Trinajstić information content (AvgIpc) is 3.38. The maximum atomic E-state index is 4.49. The topological polar surface area (TPSA) is 41.0 Å². The van der Waals surface area contributed by atoms with E-state index in [4.69, 9.17) is 0 Å². The predicted molar refractivity (Wildman–Crippen MR) is 85.5 cm³/mol. The molecule has 2 heterocycles. The first-order valence-corrected chi connectivity index (χ1v) is 8.09.